The molecule has 0 radical (unpaired) electrons. The van der Waals surface area contributed by atoms with Gasteiger partial charge in [-0.2, -0.15) is 0 Å². The Labute approximate surface area is 236 Å². The van der Waals surface area contributed by atoms with Crippen LogP contribution in [0.3, 0.4) is 0 Å². The molecule has 4 aromatic carbocycles. The molecule has 0 saturated heterocycles. The molecule has 41 heavy (non-hydrogen) atoms. The number of carbonyl (C=O) groups excluding carboxylic acids is 1. The van der Waals surface area contributed by atoms with Gasteiger partial charge in [-0.05, 0) is 78.1 Å². The SMILES string of the molecule is Cc1cc2oc3c(c(=O)c2cc1C)C(c1cccc(OCc2ccccc2)c1)N(Cc1ccc2c(c1)OCO2)C3=O. The number of aryl methyl sites for hydroxylation is 2. The molecular formula is C34H27NO6. The summed E-state index contributed by atoms with van der Waals surface area (Å²) in [7, 11) is 0. The van der Waals surface area contributed by atoms with E-state index < -0.39 is 6.04 Å². The molecule has 7 rings (SSSR count). The lowest BCUT2D eigenvalue weighted by Gasteiger charge is -2.25. The minimum Gasteiger partial charge on any atom is -0.489 e. The Kier molecular flexibility index (Phi) is 6.00. The number of carbonyl (C=O) groups is 1. The van der Waals surface area contributed by atoms with Crippen LogP contribution in [-0.2, 0) is 13.2 Å². The Hall–Kier alpha value is -5.04. The van der Waals surface area contributed by atoms with Crippen LogP contribution < -0.4 is 19.6 Å². The Balaban J connectivity index is 1.33. The molecule has 1 aromatic heterocycles. The molecule has 7 heteroatoms. The molecule has 0 spiro atoms. The molecule has 0 aliphatic carbocycles. The molecule has 2 aliphatic heterocycles. The fraction of sp³-hybridized carbons (Fsp3) is 0.176. The molecule has 3 heterocycles. The van der Waals surface area contributed by atoms with Crippen LogP contribution in [0.4, 0.5) is 0 Å². The smallest absolute Gasteiger partial charge is 0.291 e. The zero-order valence-corrected chi connectivity index (χ0v) is 22.7. The molecule has 1 atom stereocenters. The summed E-state index contributed by atoms with van der Waals surface area (Å²) >= 11 is 0. The molecule has 5 aromatic rings. The molecule has 2 aliphatic rings. The predicted molar refractivity (Wildman–Crippen MR) is 153 cm³/mol. The second kappa shape index (κ2) is 9.86. The second-order valence-electron chi connectivity index (χ2n) is 10.5. The summed E-state index contributed by atoms with van der Waals surface area (Å²) in [4.78, 5) is 29.7. The molecule has 0 saturated carbocycles. The van der Waals surface area contributed by atoms with Gasteiger partial charge in [0.25, 0.3) is 5.91 Å². The molecule has 0 N–H and O–H groups in total. The number of rotatable bonds is 6. The molecule has 1 amide bonds. The van der Waals surface area contributed by atoms with Crippen LogP contribution in [0, 0.1) is 13.8 Å². The Morgan fingerprint density at radius 3 is 2.49 bits per heavy atom. The van der Waals surface area contributed by atoms with Crippen molar-refractivity contribution in [3.8, 4) is 17.2 Å². The fourth-order valence-electron chi connectivity index (χ4n) is 5.54. The summed E-state index contributed by atoms with van der Waals surface area (Å²) in [6.45, 7) is 4.72. The molecule has 7 nitrogen and oxygen atoms in total. The fourth-order valence-corrected chi connectivity index (χ4v) is 5.54. The van der Waals surface area contributed by atoms with Crippen molar-refractivity contribution in [3.05, 3.63) is 134 Å². The van der Waals surface area contributed by atoms with Crippen LogP contribution in [0.2, 0.25) is 0 Å². The summed E-state index contributed by atoms with van der Waals surface area (Å²) in [5.74, 6) is 1.68. The third-order valence-electron chi connectivity index (χ3n) is 7.79. The van der Waals surface area contributed by atoms with E-state index >= 15 is 0 Å². The normalized spacial score (nSPS) is 15.4. The number of ether oxygens (including phenoxy) is 3. The van der Waals surface area contributed by atoms with Gasteiger partial charge < -0.3 is 23.5 Å². The van der Waals surface area contributed by atoms with Gasteiger partial charge in [0.1, 0.15) is 17.9 Å². The monoisotopic (exact) mass is 545 g/mol. The number of hydrogen-bond acceptors (Lipinski definition) is 6. The molecule has 0 bridgehead atoms. The van der Waals surface area contributed by atoms with Crippen LogP contribution in [-0.4, -0.2) is 17.6 Å². The van der Waals surface area contributed by atoms with E-state index in [0.717, 1.165) is 27.8 Å². The molecule has 0 fully saturated rings. The summed E-state index contributed by atoms with van der Waals surface area (Å²) in [6.07, 6.45) is 0. The lowest BCUT2D eigenvalue weighted by molar-refractivity contribution is 0.0714. The zero-order chi connectivity index (χ0) is 28.1. The lowest BCUT2D eigenvalue weighted by atomic mass is 9.97. The maximum Gasteiger partial charge on any atom is 0.291 e. The minimum atomic E-state index is -0.662. The largest absolute Gasteiger partial charge is 0.489 e. The van der Waals surface area contributed by atoms with Gasteiger partial charge >= 0.3 is 0 Å². The minimum absolute atomic E-state index is 0.0760. The van der Waals surface area contributed by atoms with Crippen molar-refractivity contribution in [2.45, 2.75) is 33.0 Å². The van der Waals surface area contributed by atoms with E-state index in [9.17, 15) is 9.59 Å². The van der Waals surface area contributed by atoms with Crippen molar-refractivity contribution in [1.29, 1.82) is 0 Å². The first kappa shape index (κ1) is 25.0. The van der Waals surface area contributed by atoms with Gasteiger partial charge in [-0.3, -0.25) is 9.59 Å². The average Bonchev–Trinajstić information content (AvgIpc) is 3.56. The Morgan fingerprint density at radius 2 is 1.63 bits per heavy atom. The van der Waals surface area contributed by atoms with Gasteiger partial charge in [0.15, 0.2) is 16.9 Å². The zero-order valence-electron chi connectivity index (χ0n) is 22.7. The van der Waals surface area contributed by atoms with Gasteiger partial charge in [0.05, 0.1) is 17.0 Å². The summed E-state index contributed by atoms with van der Waals surface area (Å²) < 4.78 is 23.3. The average molecular weight is 546 g/mol. The van der Waals surface area contributed by atoms with Crippen molar-refractivity contribution < 1.29 is 23.4 Å². The van der Waals surface area contributed by atoms with Gasteiger partial charge in [-0.1, -0.05) is 48.5 Å². The third-order valence-corrected chi connectivity index (χ3v) is 7.79. The van der Waals surface area contributed by atoms with Crippen molar-refractivity contribution >= 4 is 16.9 Å². The van der Waals surface area contributed by atoms with Gasteiger partial charge in [0.2, 0.25) is 12.6 Å². The summed E-state index contributed by atoms with van der Waals surface area (Å²) in [6, 6.07) is 26.1. The molecular weight excluding hydrogens is 518 g/mol. The van der Waals surface area contributed by atoms with Crippen molar-refractivity contribution in [1.82, 2.24) is 4.90 Å². The van der Waals surface area contributed by atoms with E-state index in [-0.39, 0.29) is 30.4 Å². The third kappa shape index (κ3) is 4.39. The first-order valence-corrected chi connectivity index (χ1v) is 13.5. The van der Waals surface area contributed by atoms with Crippen LogP contribution in [0.15, 0.2) is 94.1 Å². The van der Waals surface area contributed by atoms with Crippen molar-refractivity contribution in [3.63, 3.8) is 0 Å². The lowest BCUT2D eigenvalue weighted by Crippen LogP contribution is -2.29. The number of hydrogen-bond donors (Lipinski definition) is 0. The van der Waals surface area contributed by atoms with Crippen LogP contribution in [0.25, 0.3) is 11.0 Å². The van der Waals surface area contributed by atoms with E-state index in [1.807, 2.05) is 98.8 Å². The van der Waals surface area contributed by atoms with Crippen LogP contribution in [0.1, 0.15) is 50.0 Å². The van der Waals surface area contributed by atoms with Crippen molar-refractivity contribution in [2.24, 2.45) is 0 Å². The van der Waals surface area contributed by atoms with Gasteiger partial charge in [0, 0.05) is 6.54 Å². The number of amides is 1. The highest BCUT2D eigenvalue weighted by atomic mass is 16.7. The molecule has 1 unspecified atom stereocenters. The van der Waals surface area contributed by atoms with Crippen LogP contribution >= 0.6 is 0 Å². The van der Waals surface area contributed by atoms with Gasteiger partial charge in [-0.25, -0.2) is 0 Å². The second-order valence-corrected chi connectivity index (χ2v) is 10.5. The van der Waals surface area contributed by atoms with E-state index in [0.29, 0.717) is 40.4 Å². The highest BCUT2D eigenvalue weighted by molar-refractivity contribution is 5.99. The number of benzene rings is 4. The maximum atomic E-state index is 14.1. The summed E-state index contributed by atoms with van der Waals surface area (Å²) in [5.41, 5.74) is 5.18. The van der Waals surface area contributed by atoms with Crippen molar-refractivity contribution in [2.75, 3.05) is 6.79 Å². The van der Waals surface area contributed by atoms with Gasteiger partial charge in [-0.15, -0.1) is 0 Å². The van der Waals surface area contributed by atoms with E-state index in [1.165, 1.54) is 0 Å². The first-order chi connectivity index (χ1) is 20.0. The predicted octanol–water partition coefficient (Wildman–Crippen LogP) is 6.46. The quantitative estimate of drug-likeness (QED) is 0.244. The summed E-state index contributed by atoms with van der Waals surface area (Å²) in [5, 5.41) is 0.464. The van der Waals surface area contributed by atoms with Crippen LogP contribution in [0.5, 0.6) is 17.2 Å². The highest BCUT2D eigenvalue weighted by Gasteiger charge is 2.43. The maximum absolute atomic E-state index is 14.1. The van der Waals surface area contributed by atoms with E-state index in [2.05, 4.69) is 0 Å². The highest BCUT2D eigenvalue weighted by Crippen LogP contribution is 2.41. The van der Waals surface area contributed by atoms with E-state index in [1.54, 1.807) is 4.90 Å². The standard InChI is InChI=1S/C34H27NO6/c1-20-13-26-28(14-21(20)2)41-33-30(32(26)36)31(24-9-6-10-25(16-24)38-18-22-7-4-3-5-8-22)35(34(33)37)17-23-11-12-27-29(15-23)40-19-39-27/h3-16,31H,17-19H2,1-2H3. The topological polar surface area (TPSA) is 78.2 Å². The first-order valence-electron chi connectivity index (χ1n) is 13.5. The number of nitrogens with zero attached hydrogens (tertiary/aromatic N) is 1. The number of fused-ring (bicyclic) bond motifs is 3. The van der Waals surface area contributed by atoms with E-state index in [4.69, 9.17) is 18.6 Å². The molecule has 204 valence electrons. The Bertz CT molecular complexity index is 1880. The Morgan fingerprint density at radius 1 is 0.829 bits per heavy atom.